The zero-order chi connectivity index (χ0) is 26.6. The second-order valence-corrected chi connectivity index (χ2v) is 9.81. The predicted octanol–water partition coefficient (Wildman–Crippen LogP) is 5.31. The molecule has 3 heterocycles. The van der Waals surface area contributed by atoms with E-state index in [9.17, 15) is 4.79 Å². The zero-order valence-corrected chi connectivity index (χ0v) is 22.5. The quantitative estimate of drug-likeness (QED) is 0.304. The van der Waals surface area contributed by atoms with Crippen molar-refractivity contribution in [3.05, 3.63) is 113 Å². The van der Waals surface area contributed by atoms with E-state index < -0.39 is 0 Å². The number of benzene rings is 2. The Morgan fingerprint density at radius 3 is 2.47 bits per heavy atom. The number of nitrogens with zero attached hydrogens (tertiary/aromatic N) is 3. The van der Waals surface area contributed by atoms with E-state index >= 15 is 0 Å². The topological polar surface area (TPSA) is 71.4 Å². The Morgan fingerprint density at radius 1 is 1.05 bits per heavy atom. The minimum atomic E-state index is -0.197. The van der Waals surface area contributed by atoms with Gasteiger partial charge in [0.25, 0.3) is 0 Å². The summed E-state index contributed by atoms with van der Waals surface area (Å²) in [5.74, 6) is -0.197. The van der Waals surface area contributed by atoms with Gasteiger partial charge in [0.05, 0.1) is 17.8 Å². The lowest BCUT2D eigenvalue weighted by molar-refractivity contribution is -0.119. The van der Waals surface area contributed by atoms with Gasteiger partial charge in [-0.2, -0.15) is 0 Å². The van der Waals surface area contributed by atoms with E-state index in [0.29, 0.717) is 10.8 Å². The van der Waals surface area contributed by atoms with E-state index in [1.165, 1.54) is 29.6 Å². The van der Waals surface area contributed by atoms with Crippen molar-refractivity contribution in [2.45, 2.75) is 32.5 Å². The number of carbonyl (C=O) groups is 1. The number of pyridine rings is 1. The third-order valence-electron chi connectivity index (χ3n) is 6.92. The highest BCUT2D eigenvalue weighted by Crippen LogP contribution is 2.43. The minimum Gasteiger partial charge on any atom is -0.375 e. The number of hydrogen-bond acceptors (Lipinski definition) is 4. The number of aromatic nitrogens is 2. The Hall–Kier alpha value is -4.01. The van der Waals surface area contributed by atoms with Gasteiger partial charge in [0.2, 0.25) is 5.91 Å². The summed E-state index contributed by atoms with van der Waals surface area (Å²) in [6.07, 6.45) is 1.82. The lowest BCUT2D eigenvalue weighted by atomic mass is 9.96. The number of carbonyl (C=O) groups excluding carboxylic acids is 1. The van der Waals surface area contributed by atoms with Gasteiger partial charge in [-0.1, -0.05) is 36.4 Å². The highest BCUT2D eigenvalue weighted by Gasteiger charge is 2.42. The van der Waals surface area contributed by atoms with Crippen LogP contribution in [-0.4, -0.2) is 34.3 Å². The third-order valence-corrected chi connectivity index (χ3v) is 7.23. The molecule has 38 heavy (non-hydrogen) atoms. The Kier molecular flexibility index (Phi) is 7.53. The van der Waals surface area contributed by atoms with Crippen LogP contribution in [0.2, 0.25) is 0 Å². The number of hydrogen-bond donors (Lipinski definition) is 2. The van der Waals surface area contributed by atoms with Crippen molar-refractivity contribution in [2.75, 3.05) is 23.9 Å². The molecule has 2 atom stereocenters. The average Bonchev–Trinajstić information content (AvgIpc) is 3.41. The summed E-state index contributed by atoms with van der Waals surface area (Å²) in [5, 5.41) is 7.02. The van der Waals surface area contributed by atoms with Crippen LogP contribution in [0.4, 0.5) is 11.4 Å². The first-order chi connectivity index (χ1) is 18.5. The summed E-state index contributed by atoms with van der Waals surface area (Å²) in [5.41, 5.74) is 7.39. The number of amides is 1. The molecule has 1 saturated heterocycles. The van der Waals surface area contributed by atoms with E-state index in [-0.39, 0.29) is 24.6 Å². The summed E-state index contributed by atoms with van der Waals surface area (Å²) in [6.45, 7) is 5.13. The maximum atomic E-state index is 12.0. The molecule has 0 bridgehead atoms. The summed E-state index contributed by atoms with van der Waals surface area (Å²) in [4.78, 5) is 18.8. The molecule has 4 aromatic rings. The summed E-state index contributed by atoms with van der Waals surface area (Å²) < 4.78 is 7.27. The number of anilines is 2. The van der Waals surface area contributed by atoms with Crippen molar-refractivity contribution in [1.29, 1.82) is 0 Å². The molecule has 8 heteroatoms. The largest absolute Gasteiger partial charge is 0.375 e. The smallest absolute Gasteiger partial charge is 0.250 e. The van der Waals surface area contributed by atoms with Crippen LogP contribution < -0.4 is 15.5 Å². The lowest BCUT2D eigenvalue weighted by Crippen LogP contribution is -2.29. The van der Waals surface area contributed by atoms with Gasteiger partial charge in [-0.15, -0.1) is 0 Å². The van der Waals surface area contributed by atoms with Gasteiger partial charge in [0.15, 0.2) is 5.11 Å². The number of thiocarbonyl (C=S) groups is 1. The summed E-state index contributed by atoms with van der Waals surface area (Å²) in [7, 11) is 1.50. The zero-order valence-electron chi connectivity index (χ0n) is 21.7. The van der Waals surface area contributed by atoms with Crippen LogP contribution in [0.5, 0.6) is 0 Å². The normalized spacial score (nSPS) is 16.9. The number of methoxy groups -OCH3 is 1. The molecular weight excluding hydrogens is 494 g/mol. The molecule has 2 aromatic carbocycles. The fourth-order valence-corrected chi connectivity index (χ4v) is 5.46. The Balaban J connectivity index is 1.54. The van der Waals surface area contributed by atoms with Crippen LogP contribution in [0.25, 0.3) is 0 Å². The Morgan fingerprint density at radius 2 is 1.79 bits per heavy atom. The van der Waals surface area contributed by atoms with Crippen molar-refractivity contribution < 1.29 is 9.53 Å². The van der Waals surface area contributed by atoms with E-state index in [1.807, 2.05) is 54.7 Å². The Bertz CT molecular complexity index is 1420. The summed E-state index contributed by atoms with van der Waals surface area (Å²) in [6, 6.07) is 26.2. The van der Waals surface area contributed by atoms with Gasteiger partial charge in [-0.05, 0) is 79.7 Å². The number of aryl methyl sites for hydroxylation is 1. The van der Waals surface area contributed by atoms with Crippen LogP contribution in [0.15, 0.2) is 85.1 Å². The van der Waals surface area contributed by atoms with Gasteiger partial charge in [0.1, 0.15) is 6.61 Å². The molecule has 2 N–H and O–H groups in total. The minimum absolute atomic E-state index is 0.00824. The van der Waals surface area contributed by atoms with Gasteiger partial charge < -0.3 is 24.8 Å². The van der Waals surface area contributed by atoms with Gasteiger partial charge in [0, 0.05) is 42.6 Å². The molecule has 1 amide bonds. The van der Waals surface area contributed by atoms with Crippen molar-refractivity contribution in [3.63, 3.8) is 0 Å². The van der Waals surface area contributed by atoms with Crippen LogP contribution in [0, 0.1) is 13.8 Å². The summed E-state index contributed by atoms with van der Waals surface area (Å²) >= 11 is 5.90. The van der Waals surface area contributed by atoms with Crippen molar-refractivity contribution in [2.24, 2.45) is 0 Å². The fourth-order valence-electron chi connectivity index (χ4n) is 5.12. The van der Waals surface area contributed by atoms with E-state index in [4.69, 9.17) is 17.0 Å². The first-order valence-corrected chi connectivity index (χ1v) is 13.0. The first-order valence-electron chi connectivity index (χ1n) is 12.6. The van der Waals surface area contributed by atoms with E-state index in [1.54, 1.807) is 0 Å². The van der Waals surface area contributed by atoms with Crippen LogP contribution >= 0.6 is 12.2 Å². The van der Waals surface area contributed by atoms with Gasteiger partial charge in [-0.3, -0.25) is 9.78 Å². The Labute approximate surface area is 228 Å². The SMILES string of the molecule is COCC(=O)Nc1ccc(N2C(=S)NC(c3ccccn3)C2c2cc(C)n(Cc3ccccc3)c2C)cc1. The van der Waals surface area contributed by atoms with E-state index in [0.717, 1.165) is 17.9 Å². The lowest BCUT2D eigenvalue weighted by Gasteiger charge is -2.28. The molecular formula is C30H31N5O2S. The predicted molar refractivity (Wildman–Crippen MR) is 154 cm³/mol. The third kappa shape index (κ3) is 5.18. The maximum Gasteiger partial charge on any atom is 0.250 e. The molecule has 2 unspecified atom stereocenters. The molecule has 1 fully saturated rings. The highest BCUT2D eigenvalue weighted by molar-refractivity contribution is 7.80. The van der Waals surface area contributed by atoms with E-state index in [2.05, 4.69) is 69.3 Å². The second kappa shape index (κ2) is 11.2. The van der Waals surface area contributed by atoms with Crippen LogP contribution in [0.3, 0.4) is 0 Å². The number of rotatable bonds is 8. The van der Waals surface area contributed by atoms with Crippen LogP contribution in [0.1, 0.15) is 40.3 Å². The second-order valence-electron chi connectivity index (χ2n) is 9.42. The van der Waals surface area contributed by atoms with Crippen LogP contribution in [-0.2, 0) is 16.1 Å². The molecule has 1 aliphatic heterocycles. The highest BCUT2D eigenvalue weighted by atomic mass is 32.1. The number of ether oxygens (including phenoxy) is 1. The molecule has 0 saturated carbocycles. The molecule has 0 aliphatic carbocycles. The standard InChI is InChI=1S/C30H31N5O2S/c1-20-17-25(21(2)34(20)18-22-9-5-4-6-10-22)29-28(26-11-7-8-16-31-26)33-30(38)35(29)24-14-12-23(13-15-24)32-27(36)19-37-3/h4-17,28-29H,18-19H2,1-3H3,(H,32,36)(H,33,38). The molecule has 7 nitrogen and oxygen atoms in total. The molecule has 5 rings (SSSR count). The first kappa shape index (κ1) is 25.6. The van der Waals surface area contributed by atoms with Crippen molar-refractivity contribution >= 4 is 34.6 Å². The van der Waals surface area contributed by atoms with Crippen molar-refractivity contribution in [1.82, 2.24) is 14.9 Å². The maximum absolute atomic E-state index is 12.0. The molecule has 194 valence electrons. The fraction of sp³-hybridized carbons (Fsp3) is 0.233. The van der Waals surface area contributed by atoms with Crippen molar-refractivity contribution in [3.8, 4) is 0 Å². The molecule has 2 aromatic heterocycles. The molecule has 0 spiro atoms. The average molecular weight is 526 g/mol. The number of nitrogens with one attached hydrogen (secondary N) is 2. The molecule has 1 aliphatic rings. The monoisotopic (exact) mass is 525 g/mol. The van der Waals surface area contributed by atoms with Gasteiger partial charge >= 0.3 is 0 Å². The molecule has 0 radical (unpaired) electrons. The van der Waals surface area contributed by atoms with Gasteiger partial charge in [-0.25, -0.2) is 0 Å².